The summed E-state index contributed by atoms with van der Waals surface area (Å²) in [5, 5.41) is 3.52. The molecule has 0 bridgehead atoms. The summed E-state index contributed by atoms with van der Waals surface area (Å²) in [7, 11) is 0. The first-order valence-electron chi connectivity index (χ1n) is 5.47. The molecule has 13 heavy (non-hydrogen) atoms. The summed E-state index contributed by atoms with van der Waals surface area (Å²) in [4.78, 5) is 0. The minimum Gasteiger partial charge on any atom is -0.314 e. The zero-order chi connectivity index (χ0) is 9.84. The molecule has 1 nitrogen and oxygen atoms in total. The lowest BCUT2D eigenvalue weighted by molar-refractivity contribution is 0.168. The Hall–Kier alpha value is -0.300. The Labute approximate surface area is 82.6 Å². The minimum absolute atomic E-state index is 0.631. The first kappa shape index (κ1) is 10.8. The van der Waals surface area contributed by atoms with E-state index in [2.05, 4.69) is 32.7 Å². The van der Waals surface area contributed by atoms with Crippen molar-refractivity contribution in [2.75, 3.05) is 6.54 Å². The summed E-state index contributed by atoms with van der Waals surface area (Å²) >= 11 is 0. The lowest BCUT2D eigenvalue weighted by Crippen LogP contribution is -2.37. The van der Waals surface area contributed by atoms with Crippen molar-refractivity contribution in [1.82, 2.24) is 5.32 Å². The molecule has 0 radical (unpaired) electrons. The summed E-state index contributed by atoms with van der Waals surface area (Å²) in [6.45, 7) is 11.8. The van der Waals surface area contributed by atoms with Gasteiger partial charge in [0.15, 0.2) is 0 Å². The van der Waals surface area contributed by atoms with Gasteiger partial charge >= 0.3 is 0 Å². The van der Waals surface area contributed by atoms with Crippen LogP contribution in [0.5, 0.6) is 0 Å². The van der Waals surface area contributed by atoms with Crippen LogP contribution in [0.3, 0.4) is 0 Å². The van der Waals surface area contributed by atoms with E-state index in [-0.39, 0.29) is 0 Å². The van der Waals surface area contributed by atoms with Crippen LogP contribution in [0.4, 0.5) is 0 Å². The van der Waals surface area contributed by atoms with Crippen molar-refractivity contribution in [1.29, 1.82) is 0 Å². The zero-order valence-electron chi connectivity index (χ0n) is 9.27. The lowest BCUT2D eigenvalue weighted by atomic mass is 9.71. The molecule has 0 aliphatic heterocycles. The minimum atomic E-state index is 0.631. The number of hydrogen-bond donors (Lipinski definition) is 1. The van der Waals surface area contributed by atoms with Crippen LogP contribution in [-0.4, -0.2) is 12.6 Å². The topological polar surface area (TPSA) is 12.0 Å². The number of hydrogen-bond acceptors (Lipinski definition) is 1. The normalized spacial score (nSPS) is 27.4. The van der Waals surface area contributed by atoms with Gasteiger partial charge in [0.2, 0.25) is 0 Å². The number of rotatable bonds is 5. The third kappa shape index (κ3) is 3.51. The van der Waals surface area contributed by atoms with Gasteiger partial charge in [0, 0.05) is 6.04 Å². The van der Waals surface area contributed by atoms with Gasteiger partial charge < -0.3 is 5.32 Å². The molecule has 0 heterocycles. The molecule has 0 aromatic carbocycles. The third-order valence-corrected chi connectivity index (χ3v) is 2.97. The predicted molar refractivity (Wildman–Crippen MR) is 58.8 cm³/mol. The van der Waals surface area contributed by atoms with Gasteiger partial charge in [-0.25, -0.2) is 0 Å². The summed E-state index contributed by atoms with van der Waals surface area (Å²) < 4.78 is 0. The van der Waals surface area contributed by atoms with Crippen molar-refractivity contribution in [3.05, 3.63) is 12.2 Å². The molecule has 76 valence electrons. The van der Waals surface area contributed by atoms with Crippen LogP contribution in [0.1, 0.15) is 40.0 Å². The van der Waals surface area contributed by atoms with Crippen molar-refractivity contribution in [2.45, 2.75) is 46.1 Å². The highest BCUT2D eigenvalue weighted by atomic mass is 14.9. The van der Waals surface area contributed by atoms with Crippen LogP contribution < -0.4 is 5.32 Å². The molecule has 1 saturated carbocycles. The molecule has 0 aromatic rings. The Balaban J connectivity index is 2.17. The average Bonchev–Trinajstić information content (AvgIpc) is 1.98. The molecule has 2 atom stereocenters. The molecule has 0 aromatic heterocycles. The van der Waals surface area contributed by atoms with Gasteiger partial charge in [0.1, 0.15) is 0 Å². The first-order valence-corrected chi connectivity index (χ1v) is 5.47. The van der Waals surface area contributed by atoms with E-state index in [0.717, 1.165) is 11.8 Å². The summed E-state index contributed by atoms with van der Waals surface area (Å²) in [5.74, 6) is 1.84. The highest BCUT2D eigenvalue weighted by Crippen LogP contribution is 2.37. The van der Waals surface area contributed by atoms with Gasteiger partial charge in [-0.2, -0.15) is 0 Å². The maximum absolute atomic E-state index is 3.99. The largest absolute Gasteiger partial charge is 0.314 e. The molecule has 1 aliphatic rings. The molecule has 1 fully saturated rings. The van der Waals surface area contributed by atoms with E-state index in [9.17, 15) is 0 Å². The zero-order valence-corrected chi connectivity index (χ0v) is 9.27. The van der Waals surface area contributed by atoms with Crippen molar-refractivity contribution < 1.29 is 0 Å². The Morgan fingerprint density at radius 3 is 2.38 bits per heavy atom. The number of nitrogens with one attached hydrogen (secondary N) is 1. The molecule has 0 spiro atoms. The molecular weight excluding hydrogens is 158 g/mol. The van der Waals surface area contributed by atoms with E-state index in [4.69, 9.17) is 0 Å². The van der Waals surface area contributed by atoms with Crippen LogP contribution >= 0.6 is 0 Å². The van der Waals surface area contributed by atoms with Gasteiger partial charge in [-0.3, -0.25) is 0 Å². The van der Waals surface area contributed by atoms with Crippen molar-refractivity contribution in [3.8, 4) is 0 Å². The van der Waals surface area contributed by atoms with Crippen LogP contribution in [0.15, 0.2) is 12.2 Å². The molecule has 0 saturated heterocycles. The smallest absolute Gasteiger partial charge is 0.00104 e. The van der Waals surface area contributed by atoms with E-state index >= 15 is 0 Å². The van der Waals surface area contributed by atoms with E-state index < -0.39 is 0 Å². The van der Waals surface area contributed by atoms with Gasteiger partial charge in [-0.05, 0) is 44.6 Å². The van der Waals surface area contributed by atoms with E-state index in [1.165, 1.54) is 31.4 Å². The molecule has 1 heteroatoms. The maximum Gasteiger partial charge on any atom is 0.00104 e. The fourth-order valence-electron chi connectivity index (χ4n) is 2.01. The van der Waals surface area contributed by atoms with E-state index in [1.807, 2.05) is 0 Å². The highest BCUT2D eigenvalue weighted by Gasteiger charge is 2.29. The van der Waals surface area contributed by atoms with Crippen molar-refractivity contribution in [3.63, 3.8) is 0 Å². The quantitative estimate of drug-likeness (QED) is 0.643. The second kappa shape index (κ2) is 4.80. The first-order chi connectivity index (χ1) is 6.09. The second-order valence-corrected chi connectivity index (χ2v) is 4.82. The average molecular weight is 181 g/mol. The molecule has 0 amide bonds. The molecule has 1 aliphatic carbocycles. The van der Waals surface area contributed by atoms with Crippen molar-refractivity contribution in [2.24, 2.45) is 11.8 Å². The monoisotopic (exact) mass is 181 g/mol. The molecule has 1 rings (SSSR count). The van der Waals surface area contributed by atoms with Crippen LogP contribution in [0.25, 0.3) is 0 Å². The lowest BCUT2D eigenvalue weighted by Gasteiger charge is -2.37. The molecule has 2 unspecified atom stereocenters. The number of allylic oxidation sites excluding steroid dienone is 1. The Morgan fingerprint density at radius 2 is 2.00 bits per heavy atom. The highest BCUT2D eigenvalue weighted by molar-refractivity contribution is 4.96. The third-order valence-electron chi connectivity index (χ3n) is 2.97. The Kier molecular flexibility index (Phi) is 3.98. The Bertz CT molecular complexity index is 172. The van der Waals surface area contributed by atoms with Crippen LogP contribution in [0, 0.1) is 11.8 Å². The van der Waals surface area contributed by atoms with Gasteiger partial charge in [0.05, 0.1) is 0 Å². The second-order valence-electron chi connectivity index (χ2n) is 4.82. The fraction of sp³-hybridized carbons (Fsp3) is 0.833. The van der Waals surface area contributed by atoms with Gasteiger partial charge in [0.25, 0.3) is 0 Å². The van der Waals surface area contributed by atoms with Crippen LogP contribution in [0.2, 0.25) is 0 Å². The summed E-state index contributed by atoms with van der Waals surface area (Å²) in [5.41, 5.74) is 1.35. The van der Waals surface area contributed by atoms with E-state index in [1.54, 1.807) is 0 Å². The van der Waals surface area contributed by atoms with Gasteiger partial charge in [-0.1, -0.05) is 19.4 Å². The van der Waals surface area contributed by atoms with E-state index in [0.29, 0.717) is 6.04 Å². The predicted octanol–water partition coefficient (Wildman–Crippen LogP) is 2.98. The summed E-state index contributed by atoms with van der Waals surface area (Å²) in [6.07, 6.45) is 4.07. The van der Waals surface area contributed by atoms with Gasteiger partial charge in [-0.15, -0.1) is 6.58 Å². The summed E-state index contributed by atoms with van der Waals surface area (Å²) in [6, 6.07) is 0.631. The molecular formula is C12H23N. The standard InChI is InChI=1S/C12H23N/c1-9(2)7-11-5-6-12(11)8-13-10(3)4/h10-13H,1,5-8H2,2-4H3. The Morgan fingerprint density at radius 1 is 1.38 bits per heavy atom. The van der Waals surface area contributed by atoms with Crippen molar-refractivity contribution >= 4 is 0 Å². The van der Waals surface area contributed by atoms with Crippen LogP contribution in [-0.2, 0) is 0 Å². The molecule has 1 N–H and O–H groups in total. The SMILES string of the molecule is C=C(C)CC1CCC1CNC(C)C. The fourth-order valence-corrected chi connectivity index (χ4v) is 2.01. The maximum atomic E-state index is 3.99.